The molecular formula is C27H22F3I. The zero-order valence-corrected chi connectivity index (χ0v) is 19.3. The highest BCUT2D eigenvalue weighted by atomic mass is 127. The van der Waals surface area contributed by atoms with Crippen LogP contribution in [0, 0.1) is 26.9 Å². The Bertz CT molecular complexity index is 1160. The summed E-state index contributed by atoms with van der Waals surface area (Å²) in [5.74, 6) is -1.43. The molecule has 4 rings (SSSR count). The minimum atomic E-state index is -0.868. The second-order valence-corrected chi connectivity index (χ2v) is 8.95. The Morgan fingerprint density at radius 2 is 1.48 bits per heavy atom. The molecule has 31 heavy (non-hydrogen) atoms. The number of allylic oxidation sites excluding steroid dienone is 4. The lowest BCUT2D eigenvalue weighted by molar-refractivity contribution is 0.506. The monoisotopic (exact) mass is 530 g/mol. The van der Waals surface area contributed by atoms with E-state index in [4.69, 9.17) is 0 Å². The van der Waals surface area contributed by atoms with E-state index < -0.39 is 11.6 Å². The van der Waals surface area contributed by atoms with Gasteiger partial charge in [-0.15, -0.1) is 0 Å². The minimum absolute atomic E-state index is 0.195. The molecule has 0 aromatic heterocycles. The third-order valence-electron chi connectivity index (χ3n) is 5.80. The fourth-order valence-electron chi connectivity index (χ4n) is 4.09. The van der Waals surface area contributed by atoms with Gasteiger partial charge in [-0.3, -0.25) is 0 Å². The van der Waals surface area contributed by atoms with E-state index in [0.29, 0.717) is 22.6 Å². The first kappa shape index (κ1) is 21.9. The SMILES string of the molecule is C/C=C/C1CC=C(c2ccc(-c3ccc(-c4ccc(I)c(F)c4F)cc3)c(F)c2)CC1. The molecule has 1 atom stereocenters. The van der Waals surface area contributed by atoms with Gasteiger partial charge in [0.05, 0.1) is 3.57 Å². The van der Waals surface area contributed by atoms with Gasteiger partial charge in [-0.1, -0.05) is 60.7 Å². The largest absolute Gasteiger partial charge is 0.206 e. The molecule has 158 valence electrons. The number of hydrogen-bond acceptors (Lipinski definition) is 0. The Balaban J connectivity index is 1.58. The molecule has 0 saturated heterocycles. The smallest absolute Gasteiger partial charge is 0.172 e. The summed E-state index contributed by atoms with van der Waals surface area (Å²) >= 11 is 1.76. The number of rotatable bonds is 4. The van der Waals surface area contributed by atoms with Gasteiger partial charge in [0.25, 0.3) is 0 Å². The number of hydrogen-bond donors (Lipinski definition) is 0. The van der Waals surface area contributed by atoms with Crippen molar-refractivity contribution in [2.45, 2.75) is 26.2 Å². The quantitative estimate of drug-likeness (QED) is 0.180. The summed E-state index contributed by atoms with van der Waals surface area (Å²) in [5.41, 5.74) is 4.06. The zero-order chi connectivity index (χ0) is 22.0. The van der Waals surface area contributed by atoms with Crippen LogP contribution in [0.4, 0.5) is 13.2 Å². The molecule has 0 amide bonds. The molecule has 1 unspecified atom stereocenters. The van der Waals surface area contributed by atoms with Crippen molar-refractivity contribution < 1.29 is 13.2 Å². The van der Waals surface area contributed by atoms with Crippen molar-refractivity contribution in [3.63, 3.8) is 0 Å². The maximum atomic E-state index is 14.9. The van der Waals surface area contributed by atoms with Gasteiger partial charge in [-0.05, 0) is 89.1 Å². The van der Waals surface area contributed by atoms with E-state index in [-0.39, 0.29) is 15.0 Å². The lowest BCUT2D eigenvalue weighted by atomic mass is 9.86. The van der Waals surface area contributed by atoms with Crippen molar-refractivity contribution in [1.29, 1.82) is 0 Å². The average Bonchev–Trinajstić information content (AvgIpc) is 2.79. The maximum Gasteiger partial charge on any atom is 0.172 e. The van der Waals surface area contributed by atoms with E-state index in [1.165, 1.54) is 5.57 Å². The number of halogens is 4. The van der Waals surface area contributed by atoms with Gasteiger partial charge >= 0.3 is 0 Å². The van der Waals surface area contributed by atoms with E-state index in [0.717, 1.165) is 24.8 Å². The summed E-state index contributed by atoms with van der Waals surface area (Å²) in [6.07, 6.45) is 9.55. The molecular weight excluding hydrogens is 508 g/mol. The summed E-state index contributed by atoms with van der Waals surface area (Å²) in [6, 6.07) is 15.3. The van der Waals surface area contributed by atoms with Crippen LogP contribution in [-0.4, -0.2) is 0 Å². The van der Waals surface area contributed by atoms with Crippen molar-refractivity contribution in [2.24, 2.45) is 5.92 Å². The van der Waals surface area contributed by atoms with Crippen molar-refractivity contribution in [3.05, 3.63) is 99.4 Å². The van der Waals surface area contributed by atoms with Crippen LogP contribution in [0.1, 0.15) is 31.7 Å². The molecule has 0 saturated carbocycles. The van der Waals surface area contributed by atoms with Crippen LogP contribution in [0.5, 0.6) is 0 Å². The molecule has 3 aromatic carbocycles. The Morgan fingerprint density at radius 3 is 2.10 bits per heavy atom. The molecule has 0 bridgehead atoms. The average molecular weight is 530 g/mol. The van der Waals surface area contributed by atoms with Crippen molar-refractivity contribution >= 4 is 28.2 Å². The first-order valence-corrected chi connectivity index (χ1v) is 11.4. The summed E-state index contributed by atoms with van der Waals surface area (Å²) in [5, 5.41) is 0. The van der Waals surface area contributed by atoms with Gasteiger partial charge in [0.15, 0.2) is 11.6 Å². The molecule has 0 fully saturated rings. The van der Waals surface area contributed by atoms with Crippen LogP contribution in [-0.2, 0) is 0 Å². The van der Waals surface area contributed by atoms with Crippen LogP contribution in [0.2, 0.25) is 0 Å². The third-order valence-corrected chi connectivity index (χ3v) is 6.63. The molecule has 0 aliphatic heterocycles. The third kappa shape index (κ3) is 4.64. The fraction of sp³-hybridized carbons (Fsp3) is 0.185. The van der Waals surface area contributed by atoms with Gasteiger partial charge in [-0.2, -0.15) is 0 Å². The van der Waals surface area contributed by atoms with Crippen LogP contribution < -0.4 is 0 Å². The predicted molar refractivity (Wildman–Crippen MR) is 130 cm³/mol. The summed E-state index contributed by atoms with van der Waals surface area (Å²) in [6.45, 7) is 2.04. The van der Waals surface area contributed by atoms with Crippen LogP contribution >= 0.6 is 22.6 Å². The second-order valence-electron chi connectivity index (χ2n) is 7.78. The molecule has 0 nitrogen and oxygen atoms in total. The molecule has 4 heteroatoms. The fourth-order valence-corrected chi connectivity index (χ4v) is 4.51. The maximum absolute atomic E-state index is 14.9. The van der Waals surface area contributed by atoms with Crippen LogP contribution in [0.3, 0.4) is 0 Å². The molecule has 0 heterocycles. The van der Waals surface area contributed by atoms with Crippen LogP contribution in [0.15, 0.2) is 72.8 Å². The van der Waals surface area contributed by atoms with Gasteiger partial charge in [0.2, 0.25) is 0 Å². The molecule has 3 aromatic rings. The van der Waals surface area contributed by atoms with E-state index >= 15 is 0 Å². The van der Waals surface area contributed by atoms with Gasteiger partial charge in [0.1, 0.15) is 5.82 Å². The van der Waals surface area contributed by atoms with Crippen molar-refractivity contribution in [3.8, 4) is 22.3 Å². The molecule has 1 aliphatic rings. The van der Waals surface area contributed by atoms with E-state index in [9.17, 15) is 13.2 Å². The molecule has 0 N–H and O–H groups in total. The predicted octanol–water partition coefficient (Wildman–Crippen LogP) is 8.80. The first-order chi connectivity index (χ1) is 15.0. The summed E-state index contributed by atoms with van der Waals surface area (Å²) < 4.78 is 43.3. The van der Waals surface area contributed by atoms with E-state index in [1.54, 1.807) is 71.1 Å². The molecule has 0 radical (unpaired) electrons. The van der Waals surface area contributed by atoms with Gasteiger partial charge in [0, 0.05) is 11.1 Å². The summed E-state index contributed by atoms with van der Waals surface area (Å²) in [4.78, 5) is 0. The topological polar surface area (TPSA) is 0 Å². The van der Waals surface area contributed by atoms with Crippen molar-refractivity contribution in [2.75, 3.05) is 0 Å². The Morgan fingerprint density at radius 1 is 0.839 bits per heavy atom. The highest BCUT2D eigenvalue weighted by Gasteiger charge is 2.16. The van der Waals surface area contributed by atoms with Gasteiger partial charge < -0.3 is 0 Å². The normalized spacial score (nSPS) is 16.5. The standard InChI is InChI=1S/C27H22F3I/c1-2-3-17-4-6-18(7-5-17)21-12-13-22(24(28)16-21)19-8-10-20(11-9-19)23-14-15-25(31)27(30)26(23)29/h2-3,6,8-17H,4-5,7H2,1H3/b3-2+. The van der Waals surface area contributed by atoms with Crippen LogP contribution in [0.25, 0.3) is 27.8 Å². The Kier molecular flexibility index (Phi) is 6.65. The first-order valence-electron chi connectivity index (χ1n) is 10.3. The van der Waals surface area contributed by atoms with E-state index in [1.807, 2.05) is 13.0 Å². The Labute approximate surface area is 194 Å². The lowest BCUT2D eigenvalue weighted by Crippen LogP contribution is -2.02. The van der Waals surface area contributed by atoms with Crippen molar-refractivity contribution in [1.82, 2.24) is 0 Å². The minimum Gasteiger partial charge on any atom is -0.206 e. The van der Waals surface area contributed by atoms with E-state index in [2.05, 4.69) is 18.2 Å². The second kappa shape index (κ2) is 9.43. The zero-order valence-electron chi connectivity index (χ0n) is 17.1. The van der Waals surface area contributed by atoms with Gasteiger partial charge in [-0.25, -0.2) is 13.2 Å². The molecule has 0 spiro atoms. The highest BCUT2D eigenvalue weighted by Crippen LogP contribution is 2.34. The Hall–Kier alpha value is -2.34. The summed E-state index contributed by atoms with van der Waals surface area (Å²) in [7, 11) is 0. The number of benzene rings is 3. The molecule has 1 aliphatic carbocycles. The highest BCUT2D eigenvalue weighted by molar-refractivity contribution is 14.1. The lowest BCUT2D eigenvalue weighted by Gasteiger charge is -2.20.